The molecule has 1 amide bonds. The summed E-state index contributed by atoms with van der Waals surface area (Å²) < 4.78 is 37.9. The maximum atomic E-state index is 12.6. The first kappa shape index (κ1) is 18.8. The third kappa shape index (κ3) is 4.98. The highest BCUT2D eigenvalue weighted by molar-refractivity contribution is 6.33. The number of nitrogens with two attached hydrogens (primary N) is 1. The molecule has 0 spiro atoms. The van der Waals surface area contributed by atoms with E-state index in [0.29, 0.717) is 38.2 Å². The molecule has 1 fully saturated rings. The fourth-order valence-corrected chi connectivity index (χ4v) is 2.83. The van der Waals surface area contributed by atoms with Gasteiger partial charge in [0.2, 0.25) is 5.91 Å². The summed E-state index contributed by atoms with van der Waals surface area (Å²) in [6.45, 7) is 2.86. The molecule has 0 saturated carbocycles. The minimum Gasteiger partial charge on any atom is -0.353 e. The number of carbonyl (C=O) groups is 1. The summed E-state index contributed by atoms with van der Waals surface area (Å²) in [5.74, 6) is 0.225. The molecule has 1 aliphatic heterocycles. The number of anilines is 1. The smallest absolute Gasteiger partial charge is 0.353 e. The molecule has 2 unspecified atom stereocenters. The number of pyridine rings is 1. The standard InChI is InChI=1S/C15H20ClF3N4O/c1-9(20)2-3-13(24)22-11-4-5-23(8-11)14-12(16)6-10(7-21-14)15(17,18)19/h6-7,9,11H,2-5,8,20H2,1H3,(H,22,24). The quantitative estimate of drug-likeness (QED) is 0.842. The van der Waals surface area contributed by atoms with Gasteiger partial charge in [0.25, 0.3) is 0 Å². The van der Waals surface area contributed by atoms with Crippen molar-refractivity contribution in [3.05, 3.63) is 22.8 Å². The van der Waals surface area contributed by atoms with Crippen molar-refractivity contribution in [3.8, 4) is 0 Å². The number of amides is 1. The molecule has 3 N–H and O–H groups in total. The van der Waals surface area contributed by atoms with E-state index < -0.39 is 11.7 Å². The first-order valence-electron chi connectivity index (χ1n) is 7.69. The van der Waals surface area contributed by atoms with Crippen molar-refractivity contribution in [2.24, 2.45) is 5.73 Å². The zero-order chi connectivity index (χ0) is 17.9. The van der Waals surface area contributed by atoms with E-state index in [1.807, 2.05) is 6.92 Å². The fourth-order valence-electron chi connectivity index (χ4n) is 2.55. The normalized spacial score (nSPS) is 19.4. The summed E-state index contributed by atoms with van der Waals surface area (Å²) >= 11 is 5.95. The molecule has 5 nitrogen and oxygen atoms in total. The lowest BCUT2D eigenvalue weighted by Gasteiger charge is -2.20. The second-order valence-corrected chi connectivity index (χ2v) is 6.45. The summed E-state index contributed by atoms with van der Waals surface area (Å²) in [6, 6.07) is 0.759. The van der Waals surface area contributed by atoms with Crippen LogP contribution >= 0.6 is 11.6 Å². The van der Waals surface area contributed by atoms with E-state index in [-0.39, 0.29) is 23.0 Å². The fraction of sp³-hybridized carbons (Fsp3) is 0.600. The number of halogens is 4. The van der Waals surface area contributed by atoms with Crippen LogP contribution in [0.2, 0.25) is 5.02 Å². The molecule has 0 bridgehead atoms. The van der Waals surface area contributed by atoms with Crippen molar-refractivity contribution < 1.29 is 18.0 Å². The van der Waals surface area contributed by atoms with Gasteiger partial charge in [-0.05, 0) is 25.8 Å². The average Bonchev–Trinajstić information content (AvgIpc) is 2.92. The highest BCUT2D eigenvalue weighted by Gasteiger charge is 2.33. The number of alkyl halides is 3. The van der Waals surface area contributed by atoms with E-state index in [1.165, 1.54) is 0 Å². The maximum absolute atomic E-state index is 12.6. The second-order valence-electron chi connectivity index (χ2n) is 6.04. The van der Waals surface area contributed by atoms with Gasteiger partial charge in [-0.3, -0.25) is 4.79 Å². The van der Waals surface area contributed by atoms with Gasteiger partial charge in [0.05, 0.1) is 10.6 Å². The summed E-state index contributed by atoms with van der Waals surface area (Å²) in [6.07, 6.45) is -2.06. The number of carbonyl (C=O) groups excluding carboxylic acids is 1. The van der Waals surface area contributed by atoms with Gasteiger partial charge in [0.1, 0.15) is 5.82 Å². The minimum absolute atomic E-state index is 0.0361. The summed E-state index contributed by atoms with van der Waals surface area (Å²) in [5, 5.41) is 2.85. The third-order valence-corrected chi connectivity index (χ3v) is 4.11. The number of aromatic nitrogens is 1. The van der Waals surface area contributed by atoms with Gasteiger partial charge in [-0.15, -0.1) is 0 Å². The minimum atomic E-state index is -4.48. The summed E-state index contributed by atoms with van der Waals surface area (Å²) in [7, 11) is 0. The lowest BCUT2D eigenvalue weighted by atomic mass is 10.2. The zero-order valence-electron chi connectivity index (χ0n) is 13.2. The van der Waals surface area contributed by atoms with Crippen LogP contribution < -0.4 is 16.0 Å². The SMILES string of the molecule is CC(N)CCC(=O)NC1CCN(c2ncc(C(F)(F)F)cc2Cl)C1. The Morgan fingerprint density at radius 1 is 1.58 bits per heavy atom. The van der Waals surface area contributed by atoms with Gasteiger partial charge < -0.3 is 16.0 Å². The van der Waals surface area contributed by atoms with Gasteiger partial charge >= 0.3 is 6.18 Å². The topological polar surface area (TPSA) is 71.2 Å². The zero-order valence-corrected chi connectivity index (χ0v) is 14.0. The van der Waals surface area contributed by atoms with E-state index in [9.17, 15) is 18.0 Å². The van der Waals surface area contributed by atoms with Gasteiger partial charge in [-0.1, -0.05) is 11.6 Å². The van der Waals surface area contributed by atoms with Crippen LogP contribution in [0.5, 0.6) is 0 Å². The molecule has 0 radical (unpaired) electrons. The molecule has 0 aliphatic carbocycles. The Bertz CT molecular complexity index is 595. The largest absolute Gasteiger partial charge is 0.417 e. The highest BCUT2D eigenvalue weighted by Crippen LogP contribution is 2.34. The van der Waals surface area contributed by atoms with Crippen LogP contribution in [0.4, 0.5) is 19.0 Å². The number of hydrogen-bond acceptors (Lipinski definition) is 4. The lowest BCUT2D eigenvalue weighted by Crippen LogP contribution is -2.37. The third-order valence-electron chi connectivity index (χ3n) is 3.83. The first-order valence-corrected chi connectivity index (χ1v) is 8.07. The number of hydrogen-bond donors (Lipinski definition) is 2. The summed E-state index contributed by atoms with van der Waals surface area (Å²) in [4.78, 5) is 17.4. The Morgan fingerprint density at radius 2 is 2.29 bits per heavy atom. The molecule has 0 aromatic carbocycles. The molecule has 2 atom stereocenters. The Balaban J connectivity index is 1.95. The Hall–Kier alpha value is -1.54. The van der Waals surface area contributed by atoms with E-state index in [0.717, 1.165) is 12.3 Å². The van der Waals surface area contributed by atoms with Crippen LogP contribution in [-0.4, -0.2) is 36.1 Å². The number of rotatable bonds is 5. The van der Waals surface area contributed by atoms with Crippen molar-refractivity contribution in [1.82, 2.24) is 10.3 Å². The lowest BCUT2D eigenvalue weighted by molar-refractivity contribution is -0.137. The van der Waals surface area contributed by atoms with E-state index in [2.05, 4.69) is 10.3 Å². The molecule has 134 valence electrons. The molecular formula is C15H20ClF3N4O. The van der Waals surface area contributed by atoms with Crippen molar-refractivity contribution in [2.45, 2.75) is 44.4 Å². The average molecular weight is 365 g/mol. The molecule has 1 saturated heterocycles. The summed E-state index contributed by atoms with van der Waals surface area (Å²) in [5.41, 5.74) is 4.74. The van der Waals surface area contributed by atoms with Crippen LogP contribution in [0.3, 0.4) is 0 Å². The molecule has 9 heteroatoms. The highest BCUT2D eigenvalue weighted by atomic mass is 35.5. The number of nitrogens with zero attached hydrogens (tertiary/aromatic N) is 2. The van der Waals surface area contributed by atoms with Gasteiger partial charge in [0, 0.05) is 37.8 Å². The van der Waals surface area contributed by atoms with Gasteiger partial charge in [-0.25, -0.2) is 4.98 Å². The van der Waals surface area contributed by atoms with Crippen molar-refractivity contribution in [3.63, 3.8) is 0 Å². The predicted octanol–water partition coefficient (Wildman–Crippen LogP) is 2.58. The van der Waals surface area contributed by atoms with Gasteiger partial charge in [0.15, 0.2) is 0 Å². The van der Waals surface area contributed by atoms with Crippen molar-refractivity contribution in [2.75, 3.05) is 18.0 Å². The van der Waals surface area contributed by atoms with Crippen molar-refractivity contribution in [1.29, 1.82) is 0 Å². The Morgan fingerprint density at radius 3 is 2.88 bits per heavy atom. The molecular weight excluding hydrogens is 345 g/mol. The Kier molecular flexibility index (Phi) is 5.92. The van der Waals surface area contributed by atoms with Crippen LogP contribution in [0.1, 0.15) is 31.7 Å². The molecule has 2 heterocycles. The number of nitrogens with one attached hydrogen (secondary N) is 1. The Labute approximate surface area is 143 Å². The van der Waals surface area contributed by atoms with Crippen LogP contribution in [0, 0.1) is 0 Å². The van der Waals surface area contributed by atoms with E-state index in [4.69, 9.17) is 17.3 Å². The molecule has 1 aromatic rings. The molecule has 24 heavy (non-hydrogen) atoms. The second kappa shape index (κ2) is 7.57. The molecule has 1 aromatic heterocycles. The van der Waals surface area contributed by atoms with Crippen LogP contribution in [-0.2, 0) is 11.0 Å². The van der Waals surface area contributed by atoms with Crippen LogP contribution in [0.25, 0.3) is 0 Å². The molecule has 1 aliphatic rings. The first-order chi connectivity index (χ1) is 11.2. The van der Waals surface area contributed by atoms with Gasteiger partial charge in [-0.2, -0.15) is 13.2 Å². The maximum Gasteiger partial charge on any atom is 0.417 e. The monoisotopic (exact) mass is 364 g/mol. The predicted molar refractivity (Wildman–Crippen MR) is 85.9 cm³/mol. The van der Waals surface area contributed by atoms with Crippen molar-refractivity contribution >= 4 is 23.3 Å². The van der Waals surface area contributed by atoms with E-state index >= 15 is 0 Å². The van der Waals surface area contributed by atoms with Crippen LogP contribution in [0.15, 0.2) is 12.3 Å². The van der Waals surface area contributed by atoms with E-state index in [1.54, 1.807) is 4.90 Å². The molecule has 2 rings (SSSR count).